The van der Waals surface area contributed by atoms with Gasteiger partial charge in [-0.25, -0.2) is 0 Å². The van der Waals surface area contributed by atoms with Gasteiger partial charge < -0.3 is 0 Å². The first-order valence-corrected chi connectivity index (χ1v) is 4.31. The van der Waals surface area contributed by atoms with E-state index >= 15 is 0 Å². The first kappa shape index (κ1) is 10.0. The highest BCUT2D eigenvalue weighted by molar-refractivity contribution is 4.72. The van der Waals surface area contributed by atoms with Gasteiger partial charge in [0.2, 0.25) is 0 Å². The van der Waals surface area contributed by atoms with Crippen LogP contribution >= 0.6 is 0 Å². The Morgan fingerprint density at radius 1 is 1.30 bits per heavy atom. The van der Waals surface area contributed by atoms with Crippen LogP contribution in [0.2, 0.25) is 0 Å². The first-order valence-electron chi connectivity index (χ1n) is 4.31. The standard InChI is InChI=1S/C10H21/c1-6-8-9(7-2)10(3,4)5/h9H,1,6-8H2,2-5H3. The molecule has 1 unspecified atom stereocenters. The van der Waals surface area contributed by atoms with Crippen molar-refractivity contribution in [1.82, 2.24) is 0 Å². The molecule has 1 atom stereocenters. The van der Waals surface area contributed by atoms with Crippen LogP contribution < -0.4 is 0 Å². The Labute approximate surface area is 66.0 Å². The van der Waals surface area contributed by atoms with Crippen molar-refractivity contribution in [3.05, 3.63) is 6.92 Å². The van der Waals surface area contributed by atoms with Crippen molar-refractivity contribution in [3.8, 4) is 0 Å². The van der Waals surface area contributed by atoms with Crippen LogP contribution in [0.3, 0.4) is 0 Å². The normalized spacial score (nSPS) is 15.3. The average molecular weight is 141 g/mol. The molecule has 0 aliphatic rings. The summed E-state index contributed by atoms with van der Waals surface area (Å²) < 4.78 is 0. The topological polar surface area (TPSA) is 0 Å². The average Bonchev–Trinajstić information content (AvgIpc) is 1.80. The minimum Gasteiger partial charge on any atom is -0.0651 e. The van der Waals surface area contributed by atoms with Gasteiger partial charge in [0.25, 0.3) is 0 Å². The second-order valence-corrected chi connectivity index (χ2v) is 4.11. The van der Waals surface area contributed by atoms with Crippen LogP contribution in [-0.4, -0.2) is 0 Å². The van der Waals surface area contributed by atoms with E-state index in [1.165, 1.54) is 12.8 Å². The van der Waals surface area contributed by atoms with Gasteiger partial charge in [-0.2, -0.15) is 0 Å². The first-order chi connectivity index (χ1) is 4.52. The van der Waals surface area contributed by atoms with Gasteiger partial charge >= 0.3 is 0 Å². The smallest absolute Gasteiger partial charge is 0.0354 e. The molecule has 1 radical (unpaired) electrons. The molecule has 0 spiro atoms. The maximum absolute atomic E-state index is 3.89. The Balaban J connectivity index is 3.81. The zero-order valence-electron chi connectivity index (χ0n) is 7.91. The Kier molecular flexibility index (Phi) is 4.00. The maximum atomic E-state index is 3.89. The van der Waals surface area contributed by atoms with E-state index in [0.717, 1.165) is 12.3 Å². The molecule has 0 rings (SSSR count). The molecule has 0 aromatic carbocycles. The lowest BCUT2D eigenvalue weighted by Crippen LogP contribution is -2.19. The van der Waals surface area contributed by atoms with E-state index in [-0.39, 0.29) is 0 Å². The SMILES string of the molecule is [CH2]CCC(CC)C(C)(C)C. The molecule has 0 heteroatoms. The summed E-state index contributed by atoms with van der Waals surface area (Å²) in [6.45, 7) is 13.1. The second-order valence-electron chi connectivity index (χ2n) is 4.11. The lowest BCUT2D eigenvalue weighted by atomic mass is 9.77. The van der Waals surface area contributed by atoms with Crippen LogP contribution in [0.4, 0.5) is 0 Å². The second kappa shape index (κ2) is 4.00. The van der Waals surface area contributed by atoms with Crippen molar-refractivity contribution in [3.63, 3.8) is 0 Å². The van der Waals surface area contributed by atoms with Crippen LogP contribution in [-0.2, 0) is 0 Å². The summed E-state index contributed by atoms with van der Waals surface area (Å²) in [5.74, 6) is 0.852. The monoisotopic (exact) mass is 141 g/mol. The fraction of sp³-hybridized carbons (Fsp3) is 0.900. The van der Waals surface area contributed by atoms with Crippen molar-refractivity contribution >= 4 is 0 Å². The lowest BCUT2D eigenvalue weighted by molar-refractivity contribution is 0.220. The van der Waals surface area contributed by atoms with E-state index in [4.69, 9.17) is 0 Å². The van der Waals surface area contributed by atoms with Crippen LogP contribution in [0.15, 0.2) is 0 Å². The van der Waals surface area contributed by atoms with Crippen molar-refractivity contribution in [2.24, 2.45) is 11.3 Å². The molecule has 0 saturated heterocycles. The minimum absolute atomic E-state index is 0.479. The molecule has 0 aromatic heterocycles. The number of hydrogen-bond donors (Lipinski definition) is 0. The van der Waals surface area contributed by atoms with Gasteiger partial charge in [0, 0.05) is 0 Å². The van der Waals surface area contributed by atoms with Gasteiger partial charge in [0.15, 0.2) is 0 Å². The molecule has 0 nitrogen and oxygen atoms in total. The molecule has 61 valence electrons. The molecule has 0 N–H and O–H groups in total. The summed E-state index contributed by atoms with van der Waals surface area (Å²) in [5.41, 5.74) is 0.479. The fourth-order valence-corrected chi connectivity index (χ4v) is 1.50. The van der Waals surface area contributed by atoms with Gasteiger partial charge in [0.05, 0.1) is 0 Å². The zero-order valence-corrected chi connectivity index (χ0v) is 7.91. The Morgan fingerprint density at radius 3 is 1.90 bits per heavy atom. The predicted molar refractivity (Wildman–Crippen MR) is 47.8 cm³/mol. The summed E-state index contributed by atoms with van der Waals surface area (Å²) in [6.07, 6.45) is 3.65. The van der Waals surface area contributed by atoms with Crippen molar-refractivity contribution in [2.45, 2.75) is 47.0 Å². The van der Waals surface area contributed by atoms with Gasteiger partial charge in [-0.15, -0.1) is 0 Å². The molecule has 0 fully saturated rings. The molecule has 0 aliphatic carbocycles. The fourth-order valence-electron chi connectivity index (χ4n) is 1.50. The Bertz CT molecular complexity index is 76.5. The van der Waals surface area contributed by atoms with E-state index in [0.29, 0.717) is 5.41 Å². The Morgan fingerprint density at radius 2 is 1.80 bits per heavy atom. The third-order valence-corrected chi connectivity index (χ3v) is 2.27. The molecular weight excluding hydrogens is 120 g/mol. The van der Waals surface area contributed by atoms with E-state index < -0.39 is 0 Å². The van der Waals surface area contributed by atoms with Crippen molar-refractivity contribution in [1.29, 1.82) is 0 Å². The van der Waals surface area contributed by atoms with Gasteiger partial charge in [-0.1, -0.05) is 47.5 Å². The van der Waals surface area contributed by atoms with Gasteiger partial charge in [-0.3, -0.25) is 0 Å². The molecule has 0 saturated carbocycles. The van der Waals surface area contributed by atoms with E-state index in [9.17, 15) is 0 Å². The summed E-state index contributed by atoms with van der Waals surface area (Å²) in [7, 11) is 0. The van der Waals surface area contributed by atoms with Crippen molar-refractivity contribution < 1.29 is 0 Å². The maximum Gasteiger partial charge on any atom is -0.0354 e. The van der Waals surface area contributed by atoms with Gasteiger partial charge in [0.1, 0.15) is 0 Å². The molecule has 0 heterocycles. The minimum atomic E-state index is 0.479. The predicted octanol–water partition coefficient (Wildman–Crippen LogP) is 3.67. The van der Waals surface area contributed by atoms with Crippen LogP contribution in [0.25, 0.3) is 0 Å². The highest BCUT2D eigenvalue weighted by Gasteiger charge is 2.21. The van der Waals surface area contributed by atoms with E-state index in [2.05, 4.69) is 34.6 Å². The molecule has 0 aromatic rings. The quantitative estimate of drug-likeness (QED) is 0.562. The molecule has 10 heavy (non-hydrogen) atoms. The largest absolute Gasteiger partial charge is 0.0651 e. The number of rotatable bonds is 3. The highest BCUT2D eigenvalue weighted by atomic mass is 14.3. The number of hydrogen-bond acceptors (Lipinski definition) is 0. The summed E-state index contributed by atoms with van der Waals surface area (Å²) in [6, 6.07) is 0. The highest BCUT2D eigenvalue weighted by Crippen LogP contribution is 2.31. The lowest BCUT2D eigenvalue weighted by Gasteiger charge is -2.29. The van der Waals surface area contributed by atoms with E-state index in [1.54, 1.807) is 0 Å². The zero-order chi connectivity index (χ0) is 8.20. The Hall–Kier alpha value is 0. The molecular formula is C10H21. The third kappa shape index (κ3) is 3.24. The molecule has 0 bridgehead atoms. The summed E-state index contributed by atoms with van der Waals surface area (Å²) >= 11 is 0. The van der Waals surface area contributed by atoms with Crippen LogP contribution in [0.5, 0.6) is 0 Å². The van der Waals surface area contributed by atoms with E-state index in [1.807, 2.05) is 0 Å². The van der Waals surface area contributed by atoms with Crippen LogP contribution in [0.1, 0.15) is 47.0 Å². The van der Waals surface area contributed by atoms with Gasteiger partial charge in [-0.05, 0) is 17.8 Å². The molecule has 0 amide bonds. The third-order valence-electron chi connectivity index (χ3n) is 2.27. The summed E-state index contributed by atoms with van der Waals surface area (Å²) in [5, 5.41) is 0. The summed E-state index contributed by atoms with van der Waals surface area (Å²) in [4.78, 5) is 0. The van der Waals surface area contributed by atoms with Crippen molar-refractivity contribution in [2.75, 3.05) is 0 Å². The molecule has 0 aliphatic heterocycles. The van der Waals surface area contributed by atoms with Crippen LogP contribution in [0, 0.1) is 18.3 Å².